The Labute approximate surface area is 84.5 Å². The summed E-state index contributed by atoms with van der Waals surface area (Å²) >= 11 is 0. The van der Waals surface area contributed by atoms with Crippen LogP contribution < -0.4 is 0 Å². The first-order chi connectivity index (χ1) is 6.68. The molecule has 0 spiro atoms. The molecule has 0 aromatic carbocycles. The van der Waals surface area contributed by atoms with Crippen molar-refractivity contribution in [3.63, 3.8) is 0 Å². The molecule has 0 radical (unpaired) electrons. The van der Waals surface area contributed by atoms with E-state index in [0.29, 0.717) is 0 Å². The molecule has 2 aliphatic rings. The smallest absolute Gasteiger partial charge is 0.308 e. The molecule has 0 amide bonds. The molecule has 0 aromatic heterocycles. The van der Waals surface area contributed by atoms with Crippen LogP contribution in [0.3, 0.4) is 0 Å². The molecular formula is C10H18N2O2. The summed E-state index contributed by atoms with van der Waals surface area (Å²) in [5.74, 6) is -0.733. The van der Waals surface area contributed by atoms with Gasteiger partial charge < -0.3 is 10.0 Å². The SMILES string of the molecule is CN1CCC2C(C(=O)O)CCN2CC1. The van der Waals surface area contributed by atoms with E-state index in [1.165, 1.54) is 0 Å². The van der Waals surface area contributed by atoms with Gasteiger partial charge in [0, 0.05) is 19.1 Å². The summed E-state index contributed by atoms with van der Waals surface area (Å²) in [6, 6.07) is 0.289. The number of aliphatic carboxylic acids is 1. The Hall–Kier alpha value is -0.610. The third kappa shape index (κ3) is 1.77. The highest BCUT2D eigenvalue weighted by atomic mass is 16.4. The summed E-state index contributed by atoms with van der Waals surface area (Å²) in [6.45, 7) is 4.11. The van der Waals surface area contributed by atoms with Gasteiger partial charge in [0.05, 0.1) is 5.92 Å². The van der Waals surface area contributed by atoms with Crippen molar-refractivity contribution >= 4 is 5.97 Å². The highest BCUT2D eigenvalue weighted by Crippen LogP contribution is 2.28. The summed E-state index contributed by atoms with van der Waals surface area (Å²) in [6.07, 6.45) is 1.84. The molecule has 4 nitrogen and oxygen atoms in total. The Bertz CT molecular complexity index is 232. The van der Waals surface area contributed by atoms with Crippen molar-refractivity contribution in [1.82, 2.24) is 9.80 Å². The number of hydrogen-bond acceptors (Lipinski definition) is 3. The molecule has 1 N–H and O–H groups in total. The lowest BCUT2D eigenvalue weighted by Crippen LogP contribution is -2.35. The van der Waals surface area contributed by atoms with Crippen LogP contribution in [0.15, 0.2) is 0 Å². The predicted molar refractivity (Wildman–Crippen MR) is 53.2 cm³/mol. The first-order valence-electron chi connectivity index (χ1n) is 5.34. The maximum absolute atomic E-state index is 11.0. The van der Waals surface area contributed by atoms with Crippen LogP contribution in [0.1, 0.15) is 12.8 Å². The quantitative estimate of drug-likeness (QED) is 0.649. The highest BCUT2D eigenvalue weighted by Gasteiger charge is 2.39. The van der Waals surface area contributed by atoms with Gasteiger partial charge in [0.25, 0.3) is 0 Å². The van der Waals surface area contributed by atoms with Crippen molar-refractivity contribution in [3.8, 4) is 0 Å². The van der Waals surface area contributed by atoms with E-state index in [-0.39, 0.29) is 12.0 Å². The van der Waals surface area contributed by atoms with Crippen LogP contribution in [0, 0.1) is 5.92 Å². The third-order valence-corrected chi connectivity index (χ3v) is 3.55. The van der Waals surface area contributed by atoms with Gasteiger partial charge >= 0.3 is 5.97 Å². The highest BCUT2D eigenvalue weighted by molar-refractivity contribution is 5.71. The minimum atomic E-state index is -0.609. The number of carbonyl (C=O) groups is 1. The van der Waals surface area contributed by atoms with Gasteiger partial charge in [0.15, 0.2) is 0 Å². The molecule has 2 saturated heterocycles. The second-order valence-corrected chi connectivity index (χ2v) is 4.43. The van der Waals surface area contributed by atoms with Gasteiger partial charge in [-0.15, -0.1) is 0 Å². The van der Waals surface area contributed by atoms with Crippen molar-refractivity contribution in [2.24, 2.45) is 5.92 Å². The van der Waals surface area contributed by atoms with Gasteiger partial charge in [0.2, 0.25) is 0 Å². The van der Waals surface area contributed by atoms with Crippen molar-refractivity contribution in [2.45, 2.75) is 18.9 Å². The molecule has 0 bridgehead atoms. The first-order valence-corrected chi connectivity index (χ1v) is 5.34. The van der Waals surface area contributed by atoms with E-state index in [1.807, 2.05) is 0 Å². The van der Waals surface area contributed by atoms with Crippen LogP contribution in [-0.2, 0) is 4.79 Å². The van der Waals surface area contributed by atoms with E-state index in [9.17, 15) is 4.79 Å². The topological polar surface area (TPSA) is 43.8 Å². The average Bonchev–Trinajstić information content (AvgIpc) is 2.46. The molecule has 0 aliphatic carbocycles. The van der Waals surface area contributed by atoms with Crippen LogP contribution in [0.4, 0.5) is 0 Å². The standard InChI is InChI=1S/C10H18N2O2/c1-11-4-3-9-8(10(13)14)2-5-12(9)7-6-11/h8-9H,2-7H2,1H3,(H,13,14). The maximum Gasteiger partial charge on any atom is 0.308 e. The molecule has 2 rings (SSSR count). The van der Waals surface area contributed by atoms with Gasteiger partial charge in [-0.3, -0.25) is 9.69 Å². The minimum absolute atomic E-state index is 0.124. The van der Waals surface area contributed by atoms with E-state index >= 15 is 0 Å². The summed E-state index contributed by atoms with van der Waals surface area (Å²) in [7, 11) is 2.11. The van der Waals surface area contributed by atoms with E-state index < -0.39 is 5.97 Å². The molecule has 2 fully saturated rings. The molecule has 0 saturated carbocycles. The Morgan fingerprint density at radius 2 is 2.00 bits per heavy atom. The van der Waals surface area contributed by atoms with Crippen LogP contribution in [-0.4, -0.2) is 60.1 Å². The lowest BCUT2D eigenvalue weighted by atomic mass is 9.98. The summed E-state index contributed by atoms with van der Waals surface area (Å²) in [4.78, 5) is 15.6. The fourth-order valence-electron chi connectivity index (χ4n) is 2.63. The largest absolute Gasteiger partial charge is 0.481 e. The molecule has 2 atom stereocenters. The fraction of sp³-hybridized carbons (Fsp3) is 0.900. The summed E-state index contributed by atoms with van der Waals surface area (Å²) in [5.41, 5.74) is 0. The maximum atomic E-state index is 11.0. The summed E-state index contributed by atoms with van der Waals surface area (Å²) in [5, 5.41) is 9.07. The van der Waals surface area contributed by atoms with Crippen molar-refractivity contribution in [2.75, 3.05) is 33.2 Å². The number of carboxylic acids is 1. The van der Waals surface area contributed by atoms with Gasteiger partial charge in [-0.25, -0.2) is 0 Å². The van der Waals surface area contributed by atoms with E-state index in [0.717, 1.165) is 39.0 Å². The van der Waals surface area contributed by atoms with E-state index in [2.05, 4.69) is 16.8 Å². The number of rotatable bonds is 1. The molecule has 4 heteroatoms. The molecule has 14 heavy (non-hydrogen) atoms. The van der Waals surface area contributed by atoms with Gasteiger partial charge in [-0.1, -0.05) is 0 Å². The molecule has 2 heterocycles. The van der Waals surface area contributed by atoms with Crippen LogP contribution in [0.5, 0.6) is 0 Å². The molecule has 2 aliphatic heterocycles. The number of fused-ring (bicyclic) bond motifs is 1. The van der Waals surface area contributed by atoms with Crippen molar-refractivity contribution < 1.29 is 9.90 Å². The Kier molecular flexibility index (Phi) is 2.74. The van der Waals surface area contributed by atoms with Gasteiger partial charge in [-0.05, 0) is 33.0 Å². The molecule has 0 aromatic rings. The lowest BCUT2D eigenvalue weighted by Gasteiger charge is -2.22. The number of nitrogens with zero attached hydrogens (tertiary/aromatic N) is 2. The second kappa shape index (κ2) is 3.87. The van der Waals surface area contributed by atoms with E-state index in [4.69, 9.17) is 5.11 Å². The number of hydrogen-bond donors (Lipinski definition) is 1. The van der Waals surface area contributed by atoms with Crippen molar-refractivity contribution in [1.29, 1.82) is 0 Å². The molecule has 80 valence electrons. The van der Waals surface area contributed by atoms with Gasteiger partial charge in [-0.2, -0.15) is 0 Å². The first kappa shape index (κ1) is 9.93. The molecule has 2 unspecified atom stereocenters. The second-order valence-electron chi connectivity index (χ2n) is 4.43. The van der Waals surface area contributed by atoms with E-state index in [1.54, 1.807) is 0 Å². The monoisotopic (exact) mass is 198 g/mol. The Morgan fingerprint density at radius 3 is 2.71 bits per heavy atom. The fourth-order valence-corrected chi connectivity index (χ4v) is 2.63. The Balaban J connectivity index is 2.05. The minimum Gasteiger partial charge on any atom is -0.481 e. The Morgan fingerprint density at radius 1 is 1.21 bits per heavy atom. The van der Waals surface area contributed by atoms with Crippen molar-refractivity contribution in [3.05, 3.63) is 0 Å². The lowest BCUT2D eigenvalue weighted by molar-refractivity contribution is -0.142. The van der Waals surface area contributed by atoms with Crippen LogP contribution in [0.25, 0.3) is 0 Å². The normalized spacial score (nSPS) is 35.2. The number of likely N-dealkylation sites (N-methyl/N-ethyl adjacent to an activating group) is 1. The average molecular weight is 198 g/mol. The zero-order valence-electron chi connectivity index (χ0n) is 8.65. The zero-order valence-corrected chi connectivity index (χ0v) is 8.65. The summed E-state index contributed by atoms with van der Waals surface area (Å²) < 4.78 is 0. The third-order valence-electron chi connectivity index (χ3n) is 3.55. The van der Waals surface area contributed by atoms with Crippen LogP contribution in [0.2, 0.25) is 0 Å². The predicted octanol–water partition coefficient (Wildman–Crippen LogP) is 0.0970. The van der Waals surface area contributed by atoms with Crippen LogP contribution >= 0.6 is 0 Å². The van der Waals surface area contributed by atoms with Gasteiger partial charge in [0.1, 0.15) is 0 Å². The number of carboxylic acid groups (broad SMARTS) is 1. The molecular weight excluding hydrogens is 180 g/mol. The zero-order chi connectivity index (χ0) is 10.1.